The molecule has 0 bridgehead atoms. The van der Waals surface area contributed by atoms with E-state index in [0.717, 1.165) is 24.8 Å². The molecule has 0 saturated heterocycles. The summed E-state index contributed by atoms with van der Waals surface area (Å²) in [6, 6.07) is 0. The van der Waals surface area contributed by atoms with Crippen LogP contribution in [0.25, 0.3) is 0 Å². The summed E-state index contributed by atoms with van der Waals surface area (Å²) in [4.78, 5) is 6.59. The van der Waals surface area contributed by atoms with Crippen LogP contribution in [0, 0.1) is 0 Å². The van der Waals surface area contributed by atoms with E-state index in [0.29, 0.717) is 5.25 Å². The number of rotatable bonds is 4. The van der Waals surface area contributed by atoms with Crippen LogP contribution in [0.5, 0.6) is 0 Å². The molecule has 1 heterocycles. The molecule has 0 amide bonds. The van der Waals surface area contributed by atoms with Crippen LogP contribution in [-0.2, 0) is 0 Å². The zero-order valence-corrected chi connectivity index (χ0v) is 9.52. The highest BCUT2D eigenvalue weighted by Gasteiger charge is 2.13. The van der Waals surface area contributed by atoms with Crippen LogP contribution in [0.2, 0.25) is 0 Å². The van der Waals surface area contributed by atoms with Crippen LogP contribution in [0.3, 0.4) is 0 Å². The third-order valence-corrected chi connectivity index (χ3v) is 2.91. The molecule has 0 aromatic heterocycles. The van der Waals surface area contributed by atoms with E-state index in [2.05, 4.69) is 36.2 Å². The molecule has 0 saturated carbocycles. The van der Waals surface area contributed by atoms with Crippen molar-refractivity contribution in [1.29, 1.82) is 0 Å². The molecule has 1 N–H and O–H groups in total. The molecule has 1 unspecified atom stereocenters. The van der Waals surface area contributed by atoms with E-state index in [1.807, 2.05) is 11.8 Å². The zero-order chi connectivity index (χ0) is 9.68. The highest BCUT2D eigenvalue weighted by molar-refractivity contribution is 8.14. The van der Waals surface area contributed by atoms with Gasteiger partial charge in [0.15, 0.2) is 5.17 Å². The van der Waals surface area contributed by atoms with Gasteiger partial charge in [-0.15, -0.1) is 0 Å². The monoisotopic (exact) mass is 201 g/mol. The van der Waals surface area contributed by atoms with Gasteiger partial charge in [-0.1, -0.05) is 18.7 Å². The fraction of sp³-hybridized carbons (Fsp3) is 0.889. The van der Waals surface area contributed by atoms with E-state index >= 15 is 0 Å². The SMILES string of the molecule is CC1CN=C(NCCCN(C)C)S1. The van der Waals surface area contributed by atoms with Crippen molar-refractivity contribution in [3.63, 3.8) is 0 Å². The molecule has 0 radical (unpaired) electrons. The first-order chi connectivity index (χ1) is 6.18. The van der Waals surface area contributed by atoms with Gasteiger partial charge < -0.3 is 10.2 Å². The van der Waals surface area contributed by atoms with Gasteiger partial charge in [-0.05, 0) is 27.1 Å². The van der Waals surface area contributed by atoms with E-state index in [1.165, 1.54) is 6.42 Å². The van der Waals surface area contributed by atoms with E-state index in [1.54, 1.807) is 0 Å². The fourth-order valence-corrected chi connectivity index (χ4v) is 2.03. The van der Waals surface area contributed by atoms with Crippen molar-refractivity contribution in [3.05, 3.63) is 0 Å². The van der Waals surface area contributed by atoms with Crippen LogP contribution in [0.1, 0.15) is 13.3 Å². The van der Waals surface area contributed by atoms with Crippen molar-refractivity contribution in [2.45, 2.75) is 18.6 Å². The Labute approximate surface area is 85.0 Å². The Hall–Kier alpha value is -0.220. The van der Waals surface area contributed by atoms with Crippen molar-refractivity contribution in [1.82, 2.24) is 10.2 Å². The molecule has 0 spiro atoms. The maximum Gasteiger partial charge on any atom is 0.156 e. The average Bonchev–Trinajstić information content (AvgIpc) is 2.45. The molecule has 1 atom stereocenters. The Morgan fingerprint density at radius 2 is 2.38 bits per heavy atom. The summed E-state index contributed by atoms with van der Waals surface area (Å²) >= 11 is 1.85. The highest BCUT2D eigenvalue weighted by atomic mass is 32.2. The molecule has 0 aromatic rings. The summed E-state index contributed by atoms with van der Waals surface area (Å²) in [6.45, 7) is 5.36. The predicted molar refractivity (Wildman–Crippen MR) is 60.5 cm³/mol. The molecule has 1 rings (SSSR count). The highest BCUT2D eigenvalue weighted by Crippen LogP contribution is 2.18. The minimum atomic E-state index is 0.663. The van der Waals surface area contributed by atoms with Gasteiger partial charge in [0, 0.05) is 11.8 Å². The first kappa shape index (κ1) is 10.9. The first-order valence-electron chi connectivity index (χ1n) is 4.78. The number of nitrogens with one attached hydrogen (secondary N) is 1. The topological polar surface area (TPSA) is 27.6 Å². The van der Waals surface area contributed by atoms with Gasteiger partial charge in [-0.25, -0.2) is 0 Å². The van der Waals surface area contributed by atoms with Crippen LogP contribution in [0.15, 0.2) is 4.99 Å². The second kappa shape index (κ2) is 5.50. The summed E-state index contributed by atoms with van der Waals surface area (Å²) in [5, 5.41) is 5.15. The second-order valence-corrected chi connectivity index (χ2v) is 5.09. The molecule has 4 heteroatoms. The van der Waals surface area contributed by atoms with Gasteiger partial charge in [0.25, 0.3) is 0 Å². The third-order valence-electron chi connectivity index (χ3n) is 1.86. The minimum Gasteiger partial charge on any atom is -0.365 e. The lowest BCUT2D eigenvalue weighted by Gasteiger charge is -2.10. The largest absolute Gasteiger partial charge is 0.365 e. The van der Waals surface area contributed by atoms with Crippen LogP contribution >= 0.6 is 11.8 Å². The van der Waals surface area contributed by atoms with E-state index in [9.17, 15) is 0 Å². The molecule has 1 aliphatic heterocycles. The average molecular weight is 201 g/mol. The van der Waals surface area contributed by atoms with E-state index in [4.69, 9.17) is 0 Å². The first-order valence-corrected chi connectivity index (χ1v) is 5.66. The smallest absolute Gasteiger partial charge is 0.156 e. The van der Waals surface area contributed by atoms with Crippen LogP contribution < -0.4 is 5.32 Å². The maximum atomic E-state index is 4.39. The number of hydrogen-bond acceptors (Lipinski definition) is 4. The molecule has 3 nitrogen and oxygen atoms in total. The lowest BCUT2D eigenvalue weighted by atomic mass is 10.4. The lowest BCUT2D eigenvalue weighted by Crippen LogP contribution is -2.24. The van der Waals surface area contributed by atoms with Gasteiger partial charge in [0.1, 0.15) is 0 Å². The Morgan fingerprint density at radius 3 is 2.92 bits per heavy atom. The fourth-order valence-electron chi connectivity index (χ4n) is 1.16. The zero-order valence-electron chi connectivity index (χ0n) is 8.71. The van der Waals surface area contributed by atoms with Crippen LogP contribution in [0.4, 0.5) is 0 Å². The van der Waals surface area contributed by atoms with Crippen molar-refractivity contribution < 1.29 is 0 Å². The van der Waals surface area contributed by atoms with Crippen molar-refractivity contribution in [2.75, 3.05) is 33.7 Å². The Bertz CT molecular complexity index is 180. The molecular formula is C9H19N3S. The predicted octanol–water partition coefficient (Wildman–Crippen LogP) is 1.02. The summed E-state index contributed by atoms with van der Waals surface area (Å²) in [5.74, 6) is 0. The van der Waals surface area contributed by atoms with Gasteiger partial charge in [0.05, 0.1) is 6.54 Å². The Balaban J connectivity index is 2.00. The standard InChI is InChI=1S/C9H19N3S/c1-8-7-11-9(13-8)10-5-4-6-12(2)3/h8H,4-7H2,1-3H3,(H,10,11). The molecule has 0 aromatic carbocycles. The molecule has 76 valence electrons. The van der Waals surface area contributed by atoms with Gasteiger partial charge in [0.2, 0.25) is 0 Å². The Morgan fingerprint density at radius 1 is 1.62 bits per heavy atom. The number of aliphatic imine (C=N–C) groups is 1. The molecule has 1 aliphatic rings. The Kier molecular flexibility index (Phi) is 4.59. The number of nitrogens with zero attached hydrogens (tertiary/aromatic N) is 2. The van der Waals surface area contributed by atoms with Gasteiger partial charge in [-0.2, -0.15) is 0 Å². The van der Waals surface area contributed by atoms with Crippen molar-refractivity contribution in [2.24, 2.45) is 4.99 Å². The van der Waals surface area contributed by atoms with Crippen molar-refractivity contribution in [3.8, 4) is 0 Å². The van der Waals surface area contributed by atoms with Crippen LogP contribution in [-0.4, -0.2) is 49.0 Å². The lowest BCUT2D eigenvalue weighted by molar-refractivity contribution is 0.400. The van der Waals surface area contributed by atoms with Gasteiger partial charge >= 0.3 is 0 Å². The molecule has 0 aliphatic carbocycles. The summed E-state index contributed by atoms with van der Waals surface area (Å²) in [5.41, 5.74) is 0. The summed E-state index contributed by atoms with van der Waals surface area (Å²) < 4.78 is 0. The quantitative estimate of drug-likeness (QED) is 0.688. The summed E-state index contributed by atoms with van der Waals surface area (Å²) in [7, 11) is 4.20. The van der Waals surface area contributed by atoms with Gasteiger partial charge in [-0.3, -0.25) is 4.99 Å². The van der Waals surface area contributed by atoms with Crippen molar-refractivity contribution >= 4 is 16.9 Å². The minimum absolute atomic E-state index is 0.663. The molecular weight excluding hydrogens is 182 g/mol. The number of thioether (sulfide) groups is 1. The molecule has 13 heavy (non-hydrogen) atoms. The maximum absolute atomic E-state index is 4.39. The number of amidine groups is 1. The third kappa shape index (κ3) is 4.52. The van der Waals surface area contributed by atoms with E-state index in [-0.39, 0.29) is 0 Å². The molecule has 0 fully saturated rings. The normalized spacial score (nSPS) is 22.2. The second-order valence-electron chi connectivity index (χ2n) is 3.66. The number of hydrogen-bond donors (Lipinski definition) is 1. The summed E-state index contributed by atoms with van der Waals surface area (Å²) in [6.07, 6.45) is 1.18. The van der Waals surface area contributed by atoms with E-state index < -0.39 is 0 Å².